The van der Waals surface area contributed by atoms with E-state index in [9.17, 15) is 14.4 Å². The number of urea groups is 1. The molecule has 0 saturated carbocycles. The smallest absolute Gasteiger partial charge is 0.326 e. The topological polar surface area (TPSA) is 142 Å². The first-order valence-electron chi connectivity index (χ1n) is 5.76. The normalized spacial score (nSPS) is 11.4. The van der Waals surface area contributed by atoms with Gasteiger partial charge in [-0.05, 0) is 12.8 Å². The minimum Gasteiger partial charge on any atom is -0.481 e. The van der Waals surface area contributed by atoms with Crippen LogP contribution in [0, 0.1) is 0 Å². The summed E-state index contributed by atoms with van der Waals surface area (Å²) in [6, 6.07) is -1.87. The van der Waals surface area contributed by atoms with Crippen LogP contribution in [-0.2, 0) is 9.59 Å². The lowest BCUT2D eigenvalue weighted by Gasteiger charge is -2.14. The molecule has 0 aromatic carbocycles. The van der Waals surface area contributed by atoms with E-state index in [1.807, 2.05) is 0 Å². The van der Waals surface area contributed by atoms with E-state index < -0.39 is 24.0 Å². The summed E-state index contributed by atoms with van der Waals surface area (Å²) < 4.78 is 0. The number of carbonyl (C=O) groups excluding carboxylic acids is 1. The largest absolute Gasteiger partial charge is 0.481 e. The van der Waals surface area contributed by atoms with Crippen LogP contribution in [0.25, 0.3) is 0 Å². The van der Waals surface area contributed by atoms with Crippen LogP contribution < -0.4 is 10.6 Å². The summed E-state index contributed by atoms with van der Waals surface area (Å²) in [6.45, 7) is 0. The quantitative estimate of drug-likeness (QED) is 0.563. The Balaban J connectivity index is 2.46. The third-order valence-corrected chi connectivity index (χ3v) is 2.31. The Kier molecular flexibility index (Phi) is 5.88. The summed E-state index contributed by atoms with van der Waals surface area (Å²) in [4.78, 5) is 40.2. The molecule has 4 N–H and O–H groups in total. The molecule has 0 aliphatic carbocycles. The molecule has 1 aromatic rings. The van der Waals surface area contributed by atoms with E-state index in [0.717, 1.165) is 0 Å². The molecule has 1 rings (SSSR count). The van der Waals surface area contributed by atoms with Gasteiger partial charge in [-0.3, -0.25) is 4.79 Å². The Morgan fingerprint density at radius 1 is 1.20 bits per heavy atom. The monoisotopic (exact) mass is 282 g/mol. The fourth-order valence-electron chi connectivity index (χ4n) is 1.40. The van der Waals surface area contributed by atoms with Crippen molar-refractivity contribution in [3.05, 3.63) is 18.7 Å². The van der Waals surface area contributed by atoms with Gasteiger partial charge >= 0.3 is 18.0 Å². The van der Waals surface area contributed by atoms with Gasteiger partial charge in [0.05, 0.1) is 18.1 Å². The molecule has 1 atom stereocenters. The predicted octanol–water partition coefficient (Wildman–Crippen LogP) is 0.306. The summed E-state index contributed by atoms with van der Waals surface area (Å²) in [6.07, 6.45) is 4.02. The summed E-state index contributed by atoms with van der Waals surface area (Å²) in [5.41, 5.74) is 0.319. The van der Waals surface area contributed by atoms with Gasteiger partial charge < -0.3 is 20.8 Å². The third-order valence-electron chi connectivity index (χ3n) is 2.31. The molecular formula is C11H14N4O5. The Morgan fingerprint density at radius 3 is 2.40 bits per heavy atom. The van der Waals surface area contributed by atoms with Gasteiger partial charge in [-0.2, -0.15) is 0 Å². The number of aliphatic carboxylic acids is 2. The molecule has 0 radical (unpaired) electrons. The van der Waals surface area contributed by atoms with E-state index in [0.29, 0.717) is 5.69 Å². The second kappa shape index (κ2) is 7.67. The molecule has 0 fully saturated rings. The molecule has 2 amide bonds. The van der Waals surface area contributed by atoms with Crippen LogP contribution >= 0.6 is 0 Å². The molecule has 0 aliphatic rings. The standard InChI is InChI=1S/C11H14N4O5/c16-9(17)3-1-2-8(10(18)19)15-11(20)14-7-4-12-6-13-5-7/h4-6,8H,1-3H2,(H,16,17)(H,18,19)(H2,14,15,20)/t8-/m1/s1. The van der Waals surface area contributed by atoms with Crippen LogP contribution in [0.4, 0.5) is 10.5 Å². The lowest BCUT2D eigenvalue weighted by Crippen LogP contribution is -2.43. The zero-order valence-electron chi connectivity index (χ0n) is 10.4. The van der Waals surface area contributed by atoms with Crippen LogP contribution in [0.5, 0.6) is 0 Å². The maximum absolute atomic E-state index is 11.6. The van der Waals surface area contributed by atoms with E-state index in [-0.39, 0.29) is 19.3 Å². The van der Waals surface area contributed by atoms with E-state index in [2.05, 4.69) is 20.6 Å². The number of anilines is 1. The van der Waals surface area contributed by atoms with E-state index in [1.165, 1.54) is 18.7 Å². The zero-order chi connectivity index (χ0) is 15.0. The number of carboxylic acid groups (broad SMARTS) is 2. The van der Waals surface area contributed by atoms with Crippen molar-refractivity contribution in [2.24, 2.45) is 0 Å². The number of carbonyl (C=O) groups is 3. The average molecular weight is 282 g/mol. The SMILES string of the molecule is O=C(O)CCC[C@@H](NC(=O)Nc1cncnc1)C(=O)O. The van der Waals surface area contributed by atoms with Crippen molar-refractivity contribution in [1.29, 1.82) is 0 Å². The number of hydrogen-bond acceptors (Lipinski definition) is 5. The lowest BCUT2D eigenvalue weighted by atomic mass is 10.1. The van der Waals surface area contributed by atoms with Gasteiger partial charge in [-0.25, -0.2) is 19.6 Å². The fraction of sp³-hybridized carbons (Fsp3) is 0.364. The van der Waals surface area contributed by atoms with Crippen LogP contribution in [-0.4, -0.2) is 44.2 Å². The average Bonchev–Trinajstić information content (AvgIpc) is 2.38. The number of nitrogens with zero attached hydrogens (tertiary/aromatic N) is 2. The Bertz CT molecular complexity index is 479. The first kappa shape index (κ1) is 15.3. The van der Waals surface area contributed by atoms with Crippen LogP contribution in [0.1, 0.15) is 19.3 Å². The molecule has 0 unspecified atom stereocenters. The minimum absolute atomic E-state index is 0.0281. The number of amides is 2. The Hall–Kier alpha value is -2.71. The Morgan fingerprint density at radius 2 is 1.85 bits per heavy atom. The fourth-order valence-corrected chi connectivity index (χ4v) is 1.40. The van der Waals surface area contributed by atoms with Crippen molar-refractivity contribution in [3.8, 4) is 0 Å². The zero-order valence-corrected chi connectivity index (χ0v) is 10.4. The maximum atomic E-state index is 11.6. The highest BCUT2D eigenvalue weighted by Crippen LogP contribution is 2.04. The molecule has 9 nitrogen and oxygen atoms in total. The van der Waals surface area contributed by atoms with Crippen molar-refractivity contribution in [3.63, 3.8) is 0 Å². The van der Waals surface area contributed by atoms with Gasteiger partial charge in [0.15, 0.2) is 0 Å². The summed E-state index contributed by atoms with van der Waals surface area (Å²) in [5.74, 6) is -2.24. The second-order valence-corrected chi connectivity index (χ2v) is 3.90. The first-order chi connectivity index (χ1) is 9.49. The first-order valence-corrected chi connectivity index (χ1v) is 5.76. The highest BCUT2D eigenvalue weighted by Gasteiger charge is 2.20. The third kappa shape index (κ3) is 5.76. The molecule has 0 bridgehead atoms. The molecule has 20 heavy (non-hydrogen) atoms. The second-order valence-electron chi connectivity index (χ2n) is 3.90. The molecule has 0 aliphatic heterocycles. The van der Waals surface area contributed by atoms with Gasteiger partial charge in [0.2, 0.25) is 0 Å². The molecule has 9 heteroatoms. The molecule has 1 heterocycles. The van der Waals surface area contributed by atoms with Gasteiger partial charge in [0.25, 0.3) is 0 Å². The van der Waals surface area contributed by atoms with Gasteiger partial charge in [-0.15, -0.1) is 0 Å². The van der Waals surface area contributed by atoms with Crippen LogP contribution in [0.3, 0.4) is 0 Å². The maximum Gasteiger partial charge on any atom is 0.326 e. The molecule has 0 spiro atoms. The van der Waals surface area contributed by atoms with Crippen molar-refractivity contribution in [1.82, 2.24) is 15.3 Å². The number of nitrogens with one attached hydrogen (secondary N) is 2. The number of carboxylic acids is 2. The van der Waals surface area contributed by atoms with Crippen LogP contribution in [0.2, 0.25) is 0 Å². The van der Waals surface area contributed by atoms with Gasteiger partial charge in [-0.1, -0.05) is 0 Å². The van der Waals surface area contributed by atoms with Crippen LogP contribution in [0.15, 0.2) is 18.7 Å². The van der Waals surface area contributed by atoms with E-state index >= 15 is 0 Å². The number of aromatic nitrogens is 2. The molecule has 1 aromatic heterocycles. The summed E-state index contributed by atoms with van der Waals surface area (Å²) >= 11 is 0. The molecular weight excluding hydrogens is 268 g/mol. The number of rotatable bonds is 7. The molecule has 0 saturated heterocycles. The Labute approximate surface area is 114 Å². The lowest BCUT2D eigenvalue weighted by molar-refractivity contribution is -0.140. The van der Waals surface area contributed by atoms with Gasteiger partial charge in [0, 0.05) is 6.42 Å². The summed E-state index contributed by atoms with van der Waals surface area (Å²) in [7, 11) is 0. The predicted molar refractivity (Wildman–Crippen MR) is 67.1 cm³/mol. The highest BCUT2D eigenvalue weighted by atomic mass is 16.4. The van der Waals surface area contributed by atoms with E-state index in [4.69, 9.17) is 10.2 Å². The van der Waals surface area contributed by atoms with Gasteiger partial charge in [0.1, 0.15) is 12.4 Å². The van der Waals surface area contributed by atoms with Crippen molar-refractivity contribution < 1.29 is 24.6 Å². The highest BCUT2D eigenvalue weighted by molar-refractivity contribution is 5.91. The summed E-state index contributed by atoms with van der Waals surface area (Å²) in [5, 5.41) is 22.0. The minimum atomic E-state index is -1.23. The van der Waals surface area contributed by atoms with Crippen molar-refractivity contribution in [2.75, 3.05) is 5.32 Å². The number of hydrogen-bond donors (Lipinski definition) is 4. The van der Waals surface area contributed by atoms with E-state index in [1.54, 1.807) is 0 Å². The van der Waals surface area contributed by atoms with Crippen molar-refractivity contribution >= 4 is 23.7 Å². The molecule has 108 valence electrons. The van der Waals surface area contributed by atoms with Crippen molar-refractivity contribution in [2.45, 2.75) is 25.3 Å².